The maximum absolute atomic E-state index is 6.33. The lowest BCUT2D eigenvalue weighted by atomic mass is 9.98. The van der Waals surface area contributed by atoms with Gasteiger partial charge in [0.15, 0.2) is 11.5 Å². The first-order valence-corrected chi connectivity index (χ1v) is 7.44. The van der Waals surface area contributed by atoms with E-state index in [1.807, 2.05) is 18.2 Å². The fraction of sp³-hybridized carbons (Fsp3) is 0.250. The second kappa shape index (κ2) is 6.95. The van der Waals surface area contributed by atoms with Gasteiger partial charge in [-0.25, -0.2) is 0 Å². The Balaban J connectivity index is 2.24. The Bertz CT molecular complexity index is 569. The number of methoxy groups -OCH3 is 2. The molecule has 0 bridgehead atoms. The highest BCUT2D eigenvalue weighted by Gasteiger charge is 2.16. The molecule has 20 heavy (non-hydrogen) atoms. The first-order valence-electron chi connectivity index (χ1n) is 6.36. The summed E-state index contributed by atoms with van der Waals surface area (Å²) in [5.74, 6) is 1.43. The second-order valence-corrected chi connectivity index (χ2v) is 5.77. The molecular formula is C16H18INO2. The summed E-state index contributed by atoms with van der Waals surface area (Å²) >= 11 is 2.29. The van der Waals surface area contributed by atoms with Crippen LogP contribution in [-0.2, 0) is 6.42 Å². The van der Waals surface area contributed by atoms with Crippen LogP contribution in [-0.4, -0.2) is 14.2 Å². The maximum atomic E-state index is 6.33. The van der Waals surface area contributed by atoms with E-state index in [-0.39, 0.29) is 6.04 Å². The van der Waals surface area contributed by atoms with E-state index in [1.165, 1.54) is 9.13 Å². The van der Waals surface area contributed by atoms with E-state index in [2.05, 4.69) is 46.9 Å². The summed E-state index contributed by atoms with van der Waals surface area (Å²) in [6.07, 6.45) is 0.764. The van der Waals surface area contributed by atoms with E-state index in [4.69, 9.17) is 15.2 Å². The number of para-hydroxylation sites is 1. The molecule has 0 aromatic heterocycles. The molecule has 0 aliphatic heterocycles. The third-order valence-electron chi connectivity index (χ3n) is 3.20. The molecule has 2 N–H and O–H groups in total. The molecule has 0 saturated carbocycles. The zero-order chi connectivity index (χ0) is 14.5. The lowest BCUT2D eigenvalue weighted by Crippen LogP contribution is -2.14. The first-order chi connectivity index (χ1) is 9.65. The number of rotatable bonds is 5. The van der Waals surface area contributed by atoms with Gasteiger partial charge in [-0.3, -0.25) is 0 Å². The van der Waals surface area contributed by atoms with Crippen LogP contribution in [0.15, 0.2) is 42.5 Å². The highest BCUT2D eigenvalue weighted by molar-refractivity contribution is 14.1. The number of nitrogens with two attached hydrogens (primary N) is 1. The van der Waals surface area contributed by atoms with Gasteiger partial charge in [0.1, 0.15) is 0 Å². The predicted molar refractivity (Wildman–Crippen MR) is 89.3 cm³/mol. The smallest absolute Gasteiger partial charge is 0.165 e. The number of hydrogen-bond acceptors (Lipinski definition) is 3. The lowest BCUT2D eigenvalue weighted by Gasteiger charge is -2.18. The third-order valence-corrected chi connectivity index (χ3v) is 3.92. The molecule has 0 saturated heterocycles. The Labute approximate surface area is 133 Å². The molecule has 3 nitrogen and oxygen atoms in total. The third kappa shape index (κ3) is 3.43. The van der Waals surface area contributed by atoms with Gasteiger partial charge in [-0.05, 0) is 52.8 Å². The summed E-state index contributed by atoms with van der Waals surface area (Å²) in [6.45, 7) is 0. The monoisotopic (exact) mass is 383 g/mol. The van der Waals surface area contributed by atoms with Crippen molar-refractivity contribution in [2.24, 2.45) is 5.73 Å². The molecule has 106 valence electrons. The van der Waals surface area contributed by atoms with Gasteiger partial charge in [0.05, 0.1) is 14.2 Å². The zero-order valence-electron chi connectivity index (χ0n) is 11.6. The Morgan fingerprint density at radius 1 is 1.05 bits per heavy atom. The van der Waals surface area contributed by atoms with Crippen LogP contribution in [0.3, 0.4) is 0 Å². The van der Waals surface area contributed by atoms with E-state index in [0.29, 0.717) is 11.5 Å². The van der Waals surface area contributed by atoms with Crippen LogP contribution in [0.2, 0.25) is 0 Å². The first kappa shape index (κ1) is 15.1. The molecule has 0 spiro atoms. The SMILES string of the molecule is COc1cccc(C(N)Cc2ccc(I)cc2)c1OC. The topological polar surface area (TPSA) is 44.5 Å². The van der Waals surface area contributed by atoms with E-state index >= 15 is 0 Å². The van der Waals surface area contributed by atoms with Crippen LogP contribution in [0.1, 0.15) is 17.2 Å². The van der Waals surface area contributed by atoms with Gasteiger partial charge in [0, 0.05) is 15.2 Å². The molecule has 1 atom stereocenters. The van der Waals surface area contributed by atoms with Crippen LogP contribution in [0.25, 0.3) is 0 Å². The van der Waals surface area contributed by atoms with E-state index in [0.717, 1.165) is 12.0 Å². The average molecular weight is 383 g/mol. The number of hydrogen-bond donors (Lipinski definition) is 1. The van der Waals surface area contributed by atoms with Crippen molar-refractivity contribution in [2.75, 3.05) is 14.2 Å². The maximum Gasteiger partial charge on any atom is 0.165 e. The molecule has 0 amide bonds. The van der Waals surface area contributed by atoms with Crippen molar-refractivity contribution in [3.8, 4) is 11.5 Å². The Kier molecular flexibility index (Phi) is 5.25. The van der Waals surface area contributed by atoms with Gasteiger partial charge in [-0.2, -0.15) is 0 Å². The Hall–Kier alpha value is -1.27. The van der Waals surface area contributed by atoms with Crippen LogP contribution < -0.4 is 15.2 Å². The van der Waals surface area contributed by atoms with Crippen molar-refractivity contribution in [3.05, 3.63) is 57.2 Å². The molecule has 0 fully saturated rings. The minimum atomic E-state index is -0.125. The van der Waals surface area contributed by atoms with Crippen LogP contribution in [0.5, 0.6) is 11.5 Å². The van der Waals surface area contributed by atoms with Gasteiger partial charge < -0.3 is 15.2 Å². The lowest BCUT2D eigenvalue weighted by molar-refractivity contribution is 0.349. The van der Waals surface area contributed by atoms with Crippen molar-refractivity contribution < 1.29 is 9.47 Å². The molecular weight excluding hydrogens is 365 g/mol. The molecule has 2 aromatic carbocycles. The zero-order valence-corrected chi connectivity index (χ0v) is 13.8. The van der Waals surface area contributed by atoms with Gasteiger partial charge >= 0.3 is 0 Å². The minimum Gasteiger partial charge on any atom is -0.493 e. The molecule has 0 aliphatic carbocycles. The van der Waals surface area contributed by atoms with Gasteiger partial charge in [-0.15, -0.1) is 0 Å². The number of halogens is 1. The number of benzene rings is 2. The molecule has 0 heterocycles. The van der Waals surface area contributed by atoms with Crippen molar-refractivity contribution in [2.45, 2.75) is 12.5 Å². The van der Waals surface area contributed by atoms with Gasteiger partial charge in [0.2, 0.25) is 0 Å². The molecule has 0 aliphatic rings. The normalized spacial score (nSPS) is 12.0. The summed E-state index contributed by atoms with van der Waals surface area (Å²) < 4.78 is 12.0. The predicted octanol–water partition coefficient (Wildman–Crippen LogP) is 3.55. The molecule has 0 radical (unpaired) electrons. The van der Waals surface area contributed by atoms with Crippen molar-refractivity contribution in [1.29, 1.82) is 0 Å². The van der Waals surface area contributed by atoms with Crippen molar-refractivity contribution in [1.82, 2.24) is 0 Å². The summed E-state index contributed by atoms with van der Waals surface area (Å²) in [5, 5.41) is 0. The standard InChI is InChI=1S/C16H18INO2/c1-19-15-5-3-4-13(16(15)20-2)14(18)10-11-6-8-12(17)9-7-11/h3-9,14H,10,18H2,1-2H3. The van der Waals surface area contributed by atoms with E-state index in [9.17, 15) is 0 Å². The van der Waals surface area contributed by atoms with Gasteiger partial charge in [-0.1, -0.05) is 24.3 Å². The fourth-order valence-electron chi connectivity index (χ4n) is 2.19. The van der Waals surface area contributed by atoms with Crippen molar-refractivity contribution >= 4 is 22.6 Å². The van der Waals surface area contributed by atoms with Crippen LogP contribution in [0, 0.1) is 3.57 Å². The van der Waals surface area contributed by atoms with Crippen molar-refractivity contribution in [3.63, 3.8) is 0 Å². The van der Waals surface area contributed by atoms with Gasteiger partial charge in [0.25, 0.3) is 0 Å². The quantitative estimate of drug-likeness (QED) is 0.804. The highest BCUT2D eigenvalue weighted by atomic mass is 127. The average Bonchev–Trinajstić information content (AvgIpc) is 2.48. The fourth-order valence-corrected chi connectivity index (χ4v) is 2.55. The summed E-state index contributed by atoms with van der Waals surface area (Å²) in [4.78, 5) is 0. The van der Waals surface area contributed by atoms with Crippen LogP contribution >= 0.6 is 22.6 Å². The summed E-state index contributed by atoms with van der Waals surface area (Å²) in [7, 11) is 3.27. The van der Waals surface area contributed by atoms with E-state index < -0.39 is 0 Å². The molecule has 2 rings (SSSR count). The minimum absolute atomic E-state index is 0.125. The Morgan fingerprint density at radius 3 is 2.35 bits per heavy atom. The molecule has 1 unspecified atom stereocenters. The summed E-state index contributed by atoms with van der Waals surface area (Å²) in [6, 6.07) is 14.1. The number of ether oxygens (including phenoxy) is 2. The molecule has 4 heteroatoms. The highest BCUT2D eigenvalue weighted by Crippen LogP contribution is 2.34. The Morgan fingerprint density at radius 2 is 1.75 bits per heavy atom. The second-order valence-electron chi connectivity index (χ2n) is 4.52. The van der Waals surface area contributed by atoms with Crippen LogP contribution in [0.4, 0.5) is 0 Å². The molecule has 2 aromatic rings. The summed E-state index contributed by atoms with van der Waals surface area (Å²) in [5.41, 5.74) is 8.50. The largest absolute Gasteiger partial charge is 0.493 e. The van der Waals surface area contributed by atoms with E-state index in [1.54, 1.807) is 14.2 Å².